The molecule has 0 unspecified atom stereocenters. The predicted octanol–water partition coefficient (Wildman–Crippen LogP) is 3.11. The molecule has 6 nitrogen and oxygen atoms in total. The monoisotopic (exact) mass is 517 g/mol. The molecule has 0 spiro atoms. The zero-order chi connectivity index (χ0) is 20.0. The number of anilines is 1. The zero-order valence-corrected chi connectivity index (χ0v) is 20.8. The Morgan fingerprint density at radius 1 is 1.07 bits per heavy atom. The van der Waals surface area contributed by atoms with Gasteiger partial charge in [-0.15, -0.1) is 24.0 Å². The lowest BCUT2D eigenvalue weighted by molar-refractivity contribution is 0.143. The van der Waals surface area contributed by atoms with Crippen molar-refractivity contribution in [2.45, 2.75) is 33.1 Å². The first kappa shape index (κ1) is 26.0. The van der Waals surface area contributed by atoms with Crippen molar-refractivity contribution in [3.8, 4) is 0 Å². The highest BCUT2D eigenvalue weighted by Crippen LogP contribution is 2.17. The van der Waals surface area contributed by atoms with Crippen LogP contribution in [0, 0.1) is 6.92 Å². The topological polar surface area (TPSA) is 52.1 Å². The van der Waals surface area contributed by atoms with Gasteiger partial charge in [-0.1, -0.05) is 12.1 Å². The SMILES string of the molecule is CCOCCCCNC(=NC)NCCCN1CCN(c2cccc(C)c2)CC1.I. The first-order valence-corrected chi connectivity index (χ1v) is 10.8. The number of halogens is 1. The van der Waals surface area contributed by atoms with Crippen LogP contribution < -0.4 is 15.5 Å². The van der Waals surface area contributed by atoms with E-state index in [2.05, 4.69) is 56.6 Å². The summed E-state index contributed by atoms with van der Waals surface area (Å²) in [6, 6.07) is 8.83. The van der Waals surface area contributed by atoms with E-state index in [1.54, 1.807) is 0 Å². The van der Waals surface area contributed by atoms with Crippen LogP contribution in [0.15, 0.2) is 29.3 Å². The molecule has 1 aromatic rings. The van der Waals surface area contributed by atoms with Crippen LogP contribution in [-0.4, -0.2) is 76.9 Å². The van der Waals surface area contributed by atoms with E-state index >= 15 is 0 Å². The largest absolute Gasteiger partial charge is 0.382 e. The highest BCUT2D eigenvalue weighted by atomic mass is 127. The Hall–Kier alpha value is -1.06. The molecule has 2 rings (SSSR count). The number of hydrogen-bond acceptors (Lipinski definition) is 4. The molecule has 0 saturated carbocycles. The molecule has 0 aromatic heterocycles. The van der Waals surface area contributed by atoms with Gasteiger partial charge in [0.05, 0.1) is 0 Å². The Labute approximate surface area is 194 Å². The molecule has 1 heterocycles. The van der Waals surface area contributed by atoms with Crippen molar-refractivity contribution in [1.82, 2.24) is 15.5 Å². The molecule has 7 heteroatoms. The Morgan fingerprint density at radius 2 is 1.79 bits per heavy atom. The third-order valence-corrected chi connectivity index (χ3v) is 5.12. The average molecular weight is 518 g/mol. The zero-order valence-electron chi connectivity index (χ0n) is 18.5. The van der Waals surface area contributed by atoms with Crippen LogP contribution in [-0.2, 0) is 4.74 Å². The number of hydrogen-bond donors (Lipinski definition) is 2. The van der Waals surface area contributed by atoms with Gasteiger partial charge < -0.3 is 20.3 Å². The van der Waals surface area contributed by atoms with E-state index in [1.807, 2.05) is 14.0 Å². The lowest BCUT2D eigenvalue weighted by atomic mass is 10.2. The van der Waals surface area contributed by atoms with E-state index in [0.717, 1.165) is 84.2 Å². The lowest BCUT2D eigenvalue weighted by Crippen LogP contribution is -2.47. The fraction of sp³-hybridized carbons (Fsp3) is 0.682. The van der Waals surface area contributed by atoms with Crippen molar-refractivity contribution in [3.63, 3.8) is 0 Å². The molecule has 0 atom stereocenters. The lowest BCUT2D eigenvalue weighted by Gasteiger charge is -2.36. The molecule has 29 heavy (non-hydrogen) atoms. The number of ether oxygens (including phenoxy) is 1. The molecular weight excluding hydrogens is 477 g/mol. The van der Waals surface area contributed by atoms with Gasteiger partial charge in [-0.2, -0.15) is 0 Å². The first-order valence-electron chi connectivity index (χ1n) is 10.8. The van der Waals surface area contributed by atoms with Gasteiger partial charge in [-0.25, -0.2) is 0 Å². The normalized spacial score (nSPS) is 15.1. The molecule has 0 amide bonds. The van der Waals surface area contributed by atoms with Crippen molar-refractivity contribution in [1.29, 1.82) is 0 Å². The molecule has 0 bridgehead atoms. The smallest absolute Gasteiger partial charge is 0.190 e. The van der Waals surface area contributed by atoms with E-state index in [0.29, 0.717) is 0 Å². The van der Waals surface area contributed by atoms with Crippen molar-refractivity contribution in [3.05, 3.63) is 29.8 Å². The summed E-state index contributed by atoms with van der Waals surface area (Å²) in [4.78, 5) is 9.37. The number of benzene rings is 1. The summed E-state index contributed by atoms with van der Waals surface area (Å²) in [7, 11) is 1.83. The van der Waals surface area contributed by atoms with Gasteiger partial charge in [0.15, 0.2) is 5.96 Å². The second kappa shape index (κ2) is 15.7. The van der Waals surface area contributed by atoms with Gasteiger partial charge >= 0.3 is 0 Å². The summed E-state index contributed by atoms with van der Waals surface area (Å²) in [6.07, 6.45) is 3.33. The van der Waals surface area contributed by atoms with Crippen molar-refractivity contribution in [2.24, 2.45) is 4.99 Å². The summed E-state index contributed by atoms with van der Waals surface area (Å²) in [6.45, 7) is 13.4. The van der Waals surface area contributed by atoms with Crippen LogP contribution in [0.3, 0.4) is 0 Å². The molecule has 1 saturated heterocycles. The van der Waals surface area contributed by atoms with Gasteiger partial charge in [-0.3, -0.25) is 9.89 Å². The number of nitrogens with zero attached hydrogens (tertiary/aromatic N) is 3. The molecule has 1 aliphatic heterocycles. The Kier molecular flexibility index (Phi) is 14.1. The first-order chi connectivity index (χ1) is 13.7. The van der Waals surface area contributed by atoms with E-state index < -0.39 is 0 Å². The third kappa shape index (κ3) is 10.5. The number of rotatable bonds is 11. The summed E-state index contributed by atoms with van der Waals surface area (Å²) in [5, 5.41) is 6.80. The summed E-state index contributed by atoms with van der Waals surface area (Å²) in [5.74, 6) is 0.903. The molecule has 0 aliphatic carbocycles. The number of nitrogens with one attached hydrogen (secondary N) is 2. The van der Waals surface area contributed by atoms with Gasteiger partial charge in [0.25, 0.3) is 0 Å². The minimum Gasteiger partial charge on any atom is -0.382 e. The van der Waals surface area contributed by atoms with Crippen molar-refractivity contribution < 1.29 is 4.74 Å². The van der Waals surface area contributed by atoms with E-state index in [9.17, 15) is 0 Å². The van der Waals surface area contributed by atoms with Gasteiger partial charge in [0.2, 0.25) is 0 Å². The van der Waals surface area contributed by atoms with Crippen LogP contribution in [0.5, 0.6) is 0 Å². The number of guanidine groups is 1. The maximum atomic E-state index is 5.36. The highest BCUT2D eigenvalue weighted by Gasteiger charge is 2.16. The van der Waals surface area contributed by atoms with Gasteiger partial charge in [0, 0.05) is 65.2 Å². The minimum atomic E-state index is 0. The van der Waals surface area contributed by atoms with Crippen molar-refractivity contribution in [2.75, 3.05) is 71.0 Å². The molecule has 1 fully saturated rings. The van der Waals surface area contributed by atoms with Crippen LogP contribution in [0.4, 0.5) is 5.69 Å². The average Bonchev–Trinajstić information content (AvgIpc) is 2.72. The Bertz CT molecular complexity index is 576. The molecule has 0 radical (unpaired) electrons. The van der Waals surface area contributed by atoms with Gasteiger partial charge in [-0.05, 0) is 57.4 Å². The van der Waals surface area contributed by atoms with Crippen LogP contribution in [0.25, 0.3) is 0 Å². The van der Waals surface area contributed by atoms with Crippen LogP contribution >= 0.6 is 24.0 Å². The van der Waals surface area contributed by atoms with E-state index in [-0.39, 0.29) is 24.0 Å². The quantitative estimate of drug-likeness (QED) is 0.205. The fourth-order valence-electron chi connectivity index (χ4n) is 3.46. The molecular formula is C22H40IN5O. The van der Waals surface area contributed by atoms with Crippen LogP contribution in [0.2, 0.25) is 0 Å². The van der Waals surface area contributed by atoms with E-state index in [1.165, 1.54) is 11.3 Å². The number of aliphatic imine (C=N–C) groups is 1. The maximum Gasteiger partial charge on any atom is 0.190 e. The van der Waals surface area contributed by atoms with E-state index in [4.69, 9.17) is 4.74 Å². The summed E-state index contributed by atoms with van der Waals surface area (Å²) < 4.78 is 5.36. The number of unbranched alkanes of at least 4 members (excludes halogenated alkanes) is 1. The third-order valence-electron chi connectivity index (χ3n) is 5.12. The summed E-state index contributed by atoms with van der Waals surface area (Å²) in [5.41, 5.74) is 2.69. The Balaban J connectivity index is 0.00000420. The summed E-state index contributed by atoms with van der Waals surface area (Å²) >= 11 is 0. The molecule has 2 N–H and O–H groups in total. The predicted molar refractivity (Wildman–Crippen MR) is 135 cm³/mol. The molecule has 1 aromatic carbocycles. The highest BCUT2D eigenvalue weighted by molar-refractivity contribution is 14.0. The fourth-order valence-corrected chi connectivity index (χ4v) is 3.46. The number of aryl methyl sites for hydroxylation is 1. The molecule has 1 aliphatic rings. The second-order valence-electron chi connectivity index (χ2n) is 7.35. The minimum absolute atomic E-state index is 0. The second-order valence-corrected chi connectivity index (χ2v) is 7.35. The number of piperazine rings is 1. The molecule has 166 valence electrons. The maximum absolute atomic E-state index is 5.36. The standard InChI is InChI=1S/C22H39N5O.HI/c1-4-28-18-6-5-11-24-22(23-3)25-12-8-13-26-14-16-27(17-15-26)21-10-7-9-20(2)19-21;/h7,9-10,19H,4-6,8,11-18H2,1-3H3,(H2,23,24,25);1H. The van der Waals surface area contributed by atoms with Crippen LogP contribution in [0.1, 0.15) is 31.7 Å². The van der Waals surface area contributed by atoms with Gasteiger partial charge in [0.1, 0.15) is 0 Å². The Morgan fingerprint density at radius 3 is 2.45 bits per heavy atom. The van der Waals surface area contributed by atoms with Crippen molar-refractivity contribution >= 4 is 35.6 Å².